The van der Waals surface area contributed by atoms with E-state index < -0.39 is 0 Å². The van der Waals surface area contributed by atoms with Crippen LogP contribution in [0.2, 0.25) is 0 Å². The Morgan fingerprint density at radius 3 is 2.15 bits per heavy atom. The molecule has 20 heavy (non-hydrogen) atoms. The fourth-order valence-electron chi connectivity index (χ4n) is 2.33. The van der Waals surface area contributed by atoms with E-state index in [0.717, 1.165) is 19.4 Å². The Bertz CT molecular complexity index is 497. The fourth-order valence-corrected chi connectivity index (χ4v) is 2.58. The van der Waals surface area contributed by atoms with E-state index in [0.29, 0.717) is 5.88 Å². The first-order chi connectivity index (χ1) is 9.74. The SMILES string of the molecule is CC(CCl)(NCCCc1ccccc1)c1ccccc1. The minimum Gasteiger partial charge on any atom is -0.307 e. The second kappa shape index (κ2) is 7.47. The Balaban J connectivity index is 1.85. The van der Waals surface area contributed by atoms with Gasteiger partial charge in [-0.05, 0) is 37.4 Å². The van der Waals surface area contributed by atoms with E-state index in [1.165, 1.54) is 11.1 Å². The highest BCUT2D eigenvalue weighted by Crippen LogP contribution is 2.22. The molecule has 0 saturated heterocycles. The zero-order valence-corrected chi connectivity index (χ0v) is 12.7. The molecule has 0 aliphatic carbocycles. The van der Waals surface area contributed by atoms with Crippen LogP contribution in [-0.4, -0.2) is 12.4 Å². The average molecular weight is 288 g/mol. The Morgan fingerprint density at radius 1 is 0.950 bits per heavy atom. The average Bonchev–Trinajstić information content (AvgIpc) is 2.53. The summed E-state index contributed by atoms with van der Waals surface area (Å²) in [6.45, 7) is 3.13. The maximum absolute atomic E-state index is 6.18. The minimum atomic E-state index is -0.153. The summed E-state index contributed by atoms with van der Waals surface area (Å²) in [6.07, 6.45) is 2.21. The monoisotopic (exact) mass is 287 g/mol. The molecule has 106 valence electrons. The first-order valence-electron chi connectivity index (χ1n) is 7.15. The maximum Gasteiger partial charge on any atom is 0.0543 e. The number of aryl methyl sites for hydroxylation is 1. The topological polar surface area (TPSA) is 12.0 Å². The highest BCUT2D eigenvalue weighted by Gasteiger charge is 2.24. The van der Waals surface area contributed by atoms with Gasteiger partial charge in [0.25, 0.3) is 0 Å². The van der Waals surface area contributed by atoms with Crippen LogP contribution < -0.4 is 5.32 Å². The summed E-state index contributed by atoms with van der Waals surface area (Å²) in [5.74, 6) is 0.572. The summed E-state index contributed by atoms with van der Waals surface area (Å²) in [5, 5.41) is 3.60. The van der Waals surface area contributed by atoms with Crippen molar-refractivity contribution in [3.63, 3.8) is 0 Å². The molecule has 0 aliphatic heterocycles. The summed E-state index contributed by atoms with van der Waals surface area (Å²) >= 11 is 6.18. The molecule has 2 aromatic rings. The van der Waals surface area contributed by atoms with Gasteiger partial charge in [-0.2, -0.15) is 0 Å². The van der Waals surface area contributed by atoms with Crippen LogP contribution in [0.3, 0.4) is 0 Å². The molecule has 0 amide bonds. The summed E-state index contributed by atoms with van der Waals surface area (Å²) < 4.78 is 0. The van der Waals surface area contributed by atoms with Gasteiger partial charge in [-0.1, -0.05) is 60.7 Å². The van der Waals surface area contributed by atoms with Crippen LogP contribution in [0.1, 0.15) is 24.5 Å². The van der Waals surface area contributed by atoms with E-state index in [-0.39, 0.29) is 5.54 Å². The second-order valence-electron chi connectivity index (χ2n) is 5.35. The molecule has 1 atom stereocenters. The lowest BCUT2D eigenvalue weighted by Crippen LogP contribution is -2.41. The van der Waals surface area contributed by atoms with E-state index in [1.807, 2.05) is 6.07 Å². The molecule has 0 saturated carbocycles. The van der Waals surface area contributed by atoms with Crippen LogP contribution in [0.4, 0.5) is 0 Å². The van der Waals surface area contributed by atoms with Gasteiger partial charge in [0, 0.05) is 5.88 Å². The van der Waals surface area contributed by atoms with Gasteiger partial charge in [-0.15, -0.1) is 11.6 Å². The van der Waals surface area contributed by atoms with Gasteiger partial charge in [0.1, 0.15) is 0 Å². The number of rotatable bonds is 7. The number of halogens is 1. The fraction of sp³-hybridized carbons (Fsp3) is 0.333. The molecular formula is C18H22ClN. The lowest BCUT2D eigenvalue weighted by Gasteiger charge is -2.29. The third kappa shape index (κ3) is 4.09. The van der Waals surface area contributed by atoms with Gasteiger partial charge in [0.05, 0.1) is 5.54 Å². The maximum atomic E-state index is 6.18. The van der Waals surface area contributed by atoms with Crippen molar-refractivity contribution in [2.45, 2.75) is 25.3 Å². The molecule has 1 unspecified atom stereocenters. The number of hydrogen-bond acceptors (Lipinski definition) is 1. The predicted octanol–water partition coefficient (Wildman–Crippen LogP) is 4.36. The summed E-state index contributed by atoms with van der Waals surface area (Å²) in [5.41, 5.74) is 2.48. The van der Waals surface area contributed by atoms with E-state index in [1.54, 1.807) is 0 Å². The van der Waals surface area contributed by atoms with Gasteiger partial charge in [0.15, 0.2) is 0 Å². The Morgan fingerprint density at radius 2 is 1.55 bits per heavy atom. The second-order valence-corrected chi connectivity index (χ2v) is 5.61. The standard InChI is InChI=1S/C18H22ClN/c1-18(15-19,17-12-6-3-7-13-17)20-14-8-11-16-9-4-2-5-10-16/h2-7,9-10,12-13,20H,8,11,14-15H2,1H3. The third-order valence-corrected chi connectivity index (χ3v) is 4.21. The lowest BCUT2D eigenvalue weighted by molar-refractivity contribution is 0.405. The van der Waals surface area contributed by atoms with E-state index >= 15 is 0 Å². The smallest absolute Gasteiger partial charge is 0.0543 e. The summed E-state index contributed by atoms with van der Waals surface area (Å²) in [7, 11) is 0. The van der Waals surface area contributed by atoms with E-state index in [9.17, 15) is 0 Å². The van der Waals surface area contributed by atoms with Crippen molar-refractivity contribution in [3.05, 3.63) is 71.8 Å². The van der Waals surface area contributed by atoms with Crippen LogP contribution in [0.5, 0.6) is 0 Å². The molecule has 2 aromatic carbocycles. The third-order valence-electron chi connectivity index (χ3n) is 3.68. The molecule has 0 radical (unpaired) electrons. The first kappa shape index (κ1) is 15.1. The molecule has 0 spiro atoms. The number of alkyl halides is 1. The quantitative estimate of drug-likeness (QED) is 0.589. The van der Waals surface area contributed by atoms with Crippen molar-refractivity contribution < 1.29 is 0 Å². The van der Waals surface area contributed by atoms with Gasteiger partial charge in [0.2, 0.25) is 0 Å². The number of benzene rings is 2. The molecule has 2 rings (SSSR count). The van der Waals surface area contributed by atoms with Gasteiger partial charge < -0.3 is 5.32 Å². The van der Waals surface area contributed by atoms with Gasteiger partial charge in [-0.25, -0.2) is 0 Å². The molecule has 0 bridgehead atoms. The van der Waals surface area contributed by atoms with Gasteiger partial charge >= 0.3 is 0 Å². The molecule has 1 N–H and O–H groups in total. The number of nitrogens with one attached hydrogen (secondary N) is 1. The zero-order valence-electron chi connectivity index (χ0n) is 12.0. The zero-order chi connectivity index (χ0) is 14.3. The van der Waals surface area contributed by atoms with Crippen molar-refractivity contribution in [3.8, 4) is 0 Å². The molecule has 0 aliphatic rings. The Labute approximate surface area is 127 Å². The van der Waals surface area contributed by atoms with Crippen LogP contribution in [0.25, 0.3) is 0 Å². The highest BCUT2D eigenvalue weighted by molar-refractivity contribution is 6.18. The van der Waals surface area contributed by atoms with Crippen molar-refractivity contribution in [1.29, 1.82) is 0 Å². The molecule has 0 heterocycles. The van der Waals surface area contributed by atoms with Gasteiger partial charge in [-0.3, -0.25) is 0 Å². The minimum absolute atomic E-state index is 0.153. The van der Waals surface area contributed by atoms with Crippen molar-refractivity contribution in [2.75, 3.05) is 12.4 Å². The number of hydrogen-bond donors (Lipinski definition) is 1. The largest absolute Gasteiger partial charge is 0.307 e. The molecule has 2 heteroatoms. The molecule has 0 aromatic heterocycles. The summed E-state index contributed by atoms with van der Waals surface area (Å²) in [4.78, 5) is 0. The molecule has 1 nitrogen and oxygen atoms in total. The van der Waals surface area contributed by atoms with Crippen molar-refractivity contribution in [1.82, 2.24) is 5.32 Å². The Kier molecular flexibility index (Phi) is 5.63. The lowest BCUT2D eigenvalue weighted by atomic mass is 9.94. The first-order valence-corrected chi connectivity index (χ1v) is 7.68. The Hall–Kier alpha value is -1.31. The van der Waals surface area contributed by atoms with Crippen LogP contribution in [0.15, 0.2) is 60.7 Å². The highest BCUT2D eigenvalue weighted by atomic mass is 35.5. The van der Waals surface area contributed by atoms with E-state index in [2.05, 4.69) is 66.8 Å². The van der Waals surface area contributed by atoms with E-state index in [4.69, 9.17) is 11.6 Å². The van der Waals surface area contributed by atoms with Crippen molar-refractivity contribution >= 4 is 11.6 Å². The van der Waals surface area contributed by atoms with Crippen molar-refractivity contribution in [2.24, 2.45) is 0 Å². The molecule has 0 fully saturated rings. The normalized spacial score (nSPS) is 13.9. The summed E-state index contributed by atoms with van der Waals surface area (Å²) in [6, 6.07) is 21.0. The predicted molar refractivity (Wildman–Crippen MR) is 87.3 cm³/mol. The van der Waals surface area contributed by atoms with Crippen LogP contribution >= 0.6 is 11.6 Å². The van der Waals surface area contributed by atoms with Crippen LogP contribution in [-0.2, 0) is 12.0 Å². The molecular weight excluding hydrogens is 266 g/mol. The van der Waals surface area contributed by atoms with Crippen LogP contribution in [0, 0.1) is 0 Å².